The van der Waals surface area contributed by atoms with Crippen LogP contribution >= 0.6 is 0 Å². The van der Waals surface area contributed by atoms with Gasteiger partial charge < -0.3 is 15.2 Å². The van der Waals surface area contributed by atoms with Crippen LogP contribution in [0.4, 0.5) is 5.95 Å². The molecule has 2 aromatic heterocycles. The summed E-state index contributed by atoms with van der Waals surface area (Å²) < 4.78 is 1.98. The van der Waals surface area contributed by atoms with Gasteiger partial charge in [0.15, 0.2) is 0 Å². The van der Waals surface area contributed by atoms with Crippen molar-refractivity contribution < 1.29 is 4.79 Å². The zero-order valence-electron chi connectivity index (χ0n) is 11.6. The van der Waals surface area contributed by atoms with Gasteiger partial charge in [0, 0.05) is 37.9 Å². The van der Waals surface area contributed by atoms with Crippen LogP contribution in [0.5, 0.6) is 0 Å². The zero-order chi connectivity index (χ0) is 14.4. The molecule has 0 saturated carbocycles. The summed E-state index contributed by atoms with van der Waals surface area (Å²) in [5.41, 5.74) is 0.432. The maximum absolute atomic E-state index is 12.0. The predicted molar refractivity (Wildman–Crippen MR) is 75.3 cm³/mol. The van der Waals surface area contributed by atoms with Crippen LogP contribution in [0.3, 0.4) is 0 Å². The molecule has 2 heterocycles. The van der Waals surface area contributed by atoms with E-state index in [4.69, 9.17) is 0 Å². The Kier molecular flexibility index (Phi) is 4.65. The molecule has 0 saturated heterocycles. The molecule has 7 heteroatoms. The molecule has 2 N–H and O–H groups in total. The molecule has 0 aliphatic carbocycles. The van der Waals surface area contributed by atoms with Crippen molar-refractivity contribution in [3.8, 4) is 0 Å². The van der Waals surface area contributed by atoms with E-state index in [2.05, 4.69) is 25.6 Å². The monoisotopic (exact) mass is 274 g/mol. The van der Waals surface area contributed by atoms with Gasteiger partial charge in [0.05, 0.1) is 12.1 Å². The minimum absolute atomic E-state index is 0.210. The van der Waals surface area contributed by atoms with Crippen LogP contribution in [-0.4, -0.2) is 32.0 Å². The van der Waals surface area contributed by atoms with Gasteiger partial charge in [-0.25, -0.2) is 15.0 Å². The van der Waals surface area contributed by atoms with Crippen LogP contribution < -0.4 is 10.6 Å². The molecule has 0 unspecified atom stereocenters. The number of carbonyl (C=O) groups excluding carboxylic acids is 1. The zero-order valence-corrected chi connectivity index (χ0v) is 11.6. The van der Waals surface area contributed by atoms with Crippen molar-refractivity contribution in [2.24, 2.45) is 0 Å². The molecule has 0 fully saturated rings. The molecule has 20 heavy (non-hydrogen) atoms. The molecule has 0 radical (unpaired) electrons. The highest BCUT2D eigenvalue weighted by atomic mass is 16.1. The first kappa shape index (κ1) is 14.0. The maximum Gasteiger partial charge on any atom is 0.254 e. The summed E-state index contributed by atoms with van der Waals surface area (Å²) >= 11 is 0. The summed E-state index contributed by atoms with van der Waals surface area (Å²) in [6.45, 7) is 5.94. The average Bonchev–Trinajstić information content (AvgIpc) is 2.93. The fraction of sp³-hybridized carbons (Fsp3) is 0.385. The Morgan fingerprint density at radius 3 is 2.65 bits per heavy atom. The standard InChI is InChI=1S/C13H18N6O/c1-3-14-13-17-7-10(8-18-13)12(20)16-9-11-15-5-6-19(11)4-2/h5-8H,3-4,9H2,1-2H3,(H,16,20)(H,14,17,18). The summed E-state index contributed by atoms with van der Waals surface area (Å²) in [4.78, 5) is 24.3. The van der Waals surface area contributed by atoms with Crippen LogP contribution in [0.1, 0.15) is 30.0 Å². The van der Waals surface area contributed by atoms with Gasteiger partial charge >= 0.3 is 0 Å². The van der Waals surface area contributed by atoms with Crippen LogP contribution in [0, 0.1) is 0 Å². The largest absolute Gasteiger partial charge is 0.355 e. The van der Waals surface area contributed by atoms with Crippen LogP contribution in [0.15, 0.2) is 24.8 Å². The molecule has 0 atom stereocenters. The molecule has 2 aromatic rings. The van der Waals surface area contributed by atoms with Gasteiger partial charge in [-0.15, -0.1) is 0 Å². The number of aryl methyl sites for hydroxylation is 1. The van der Waals surface area contributed by atoms with E-state index >= 15 is 0 Å². The van der Waals surface area contributed by atoms with E-state index in [1.165, 1.54) is 12.4 Å². The number of amides is 1. The SMILES string of the molecule is CCNc1ncc(C(=O)NCc2nccn2CC)cn1. The first-order valence-corrected chi connectivity index (χ1v) is 6.58. The van der Waals surface area contributed by atoms with Crippen LogP contribution in [0.25, 0.3) is 0 Å². The Balaban J connectivity index is 1.94. The van der Waals surface area contributed by atoms with Gasteiger partial charge in [0.2, 0.25) is 5.95 Å². The minimum atomic E-state index is -0.210. The highest BCUT2D eigenvalue weighted by Crippen LogP contribution is 2.01. The lowest BCUT2D eigenvalue weighted by Crippen LogP contribution is -2.25. The normalized spacial score (nSPS) is 10.3. The Hall–Kier alpha value is -2.44. The molecule has 106 valence electrons. The van der Waals surface area contributed by atoms with Crippen LogP contribution in [0.2, 0.25) is 0 Å². The lowest BCUT2D eigenvalue weighted by atomic mass is 10.3. The Morgan fingerprint density at radius 2 is 2.00 bits per heavy atom. The molecule has 2 rings (SSSR count). The molecule has 0 spiro atoms. The molecular formula is C13H18N6O. The average molecular weight is 274 g/mol. The number of imidazole rings is 1. The lowest BCUT2D eigenvalue weighted by molar-refractivity contribution is 0.0949. The van der Waals surface area contributed by atoms with Crippen molar-refractivity contribution in [1.82, 2.24) is 24.8 Å². The molecule has 0 aromatic carbocycles. The van der Waals surface area contributed by atoms with E-state index in [1.807, 2.05) is 24.6 Å². The van der Waals surface area contributed by atoms with Gasteiger partial charge in [-0.05, 0) is 13.8 Å². The van der Waals surface area contributed by atoms with E-state index in [0.717, 1.165) is 18.9 Å². The molecule has 0 aliphatic rings. The summed E-state index contributed by atoms with van der Waals surface area (Å²) in [7, 11) is 0. The van der Waals surface area contributed by atoms with Gasteiger partial charge in [-0.2, -0.15) is 0 Å². The van der Waals surface area contributed by atoms with Crippen molar-refractivity contribution in [1.29, 1.82) is 0 Å². The second kappa shape index (κ2) is 6.65. The highest BCUT2D eigenvalue weighted by molar-refractivity contribution is 5.93. The number of hydrogen-bond acceptors (Lipinski definition) is 5. The molecule has 0 bridgehead atoms. The molecular weight excluding hydrogens is 256 g/mol. The second-order valence-corrected chi connectivity index (χ2v) is 4.14. The minimum Gasteiger partial charge on any atom is -0.355 e. The predicted octanol–water partition coefficient (Wildman–Crippen LogP) is 1.05. The first-order valence-electron chi connectivity index (χ1n) is 6.58. The molecule has 7 nitrogen and oxygen atoms in total. The van der Waals surface area contributed by atoms with Crippen molar-refractivity contribution in [3.63, 3.8) is 0 Å². The van der Waals surface area contributed by atoms with Crippen molar-refractivity contribution >= 4 is 11.9 Å². The van der Waals surface area contributed by atoms with Crippen molar-refractivity contribution in [3.05, 3.63) is 36.2 Å². The third kappa shape index (κ3) is 3.31. The summed E-state index contributed by atoms with van der Waals surface area (Å²) in [6.07, 6.45) is 6.62. The topological polar surface area (TPSA) is 84.7 Å². The highest BCUT2D eigenvalue weighted by Gasteiger charge is 2.08. The number of nitrogens with one attached hydrogen (secondary N) is 2. The summed E-state index contributed by atoms with van der Waals surface area (Å²) in [6, 6.07) is 0. The van der Waals surface area contributed by atoms with E-state index < -0.39 is 0 Å². The van der Waals surface area contributed by atoms with E-state index in [1.54, 1.807) is 6.20 Å². The smallest absolute Gasteiger partial charge is 0.254 e. The van der Waals surface area contributed by atoms with Gasteiger partial charge in [-0.3, -0.25) is 4.79 Å². The fourth-order valence-electron chi connectivity index (χ4n) is 1.75. The summed E-state index contributed by atoms with van der Waals surface area (Å²) in [5, 5.41) is 5.78. The quantitative estimate of drug-likeness (QED) is 0.822. The van der Waals surface area contributed by atoms with Gasteiger partial charge in [0.1, 0.15) is 5.82 Å². The Labute approximate surface area is 117 Å². The number of rotatable bonds is 6. The van der Waals surface area contributed by atoms with Crippen molar-refractivity contribution in [2.75, 3.05) is 11.9 Å². The Morgan fingerprint density at radius 1 is 1.25 bits per heavy atom. The third-order valence-electron chi connectivity index (χ3n) is 2.80. The lowest BCUT2D eigenvalue weighted by Gasteiger charge is -2.07. The van der Waals surface area contributed by atoms with Crippen molar-refractivity contribution in [2.45, 2.75) is 26.9 Å². The first-order chi connectivity index (χ1) is 9.74. The van der Waals surface area contributed by atoms with E-state index in [9.17, 15) is 4.79 Å². The number of hydrogen-bond donors (Lipinski definition) is 2. The third-order valence-corrected chi connectivity index (χ3v) is 2.80. The van der Waals surface area contributed by atoms with Gasteiger partial charge in [0.25, 0.3) is 5.91 Å². The summed E-state index contributed by atoms with van der Waals surface area (Å²) in [5.74, 6) is 1.13. The number of nitrogens with zero attached hydrogens (tertiary/aromatic N) is 4. The second-order valence-electron chi connectivity index (χ2n) is 4.14. The number of aromatic nitrogens is 4. The number of carbonyl (C=O) groups is 1. The number of anilines is 1. The fourth-order valence-corrected chi connectivity index (χ4v) is 1.75. The van der Waals surface area contributed by atoms with E-state index in [0.29, 0.717) is 18.1 Å². The molecule has 0 aliphatic heterocycles. The Bertz CT molecular complexity index is 562. The van der Waals surface area contributed by atoms with Gasteiger partial charge in [-0.1, -0.05) is 0 Å². The van der Waals surface area contributed by atoms with Crippen LogP contribution in [-0.2, 0) is 13.1 Å². The maximum atomic E-state index is 12.0. The molecule has 1 amide bonds. The van der Waals surface area contributed by atoms with E-state index in [-0.39, 0.29) is 5.91 Å².